The maximum absolute atomic E-state index is 5.77. The van der Waals surface area contributed by atoms with Crippen molar-refractivity contribution < 1.29 is 9.47 Å². The number of fused-ring (bicyclic) bond motifs is 1. The van der Waals surface area contributed by atoms with Crippen LogP contribution in [0.5, 0.6) is 5.88 Å². The maximum Gasteiger partial charge on any atom is 0.213 e. The molecule has 0 aliphatic carbocycles. The van der Waals surface area contributed by atoms with Crippen LogP contribution in [0.2, 0.25) is 0 Å². The van der Waals surface area contributed by atoms with Crippen molar-refractivity contribution in [1.29, 1.82) is 0 Å². The van der Waals surface area contributed by atoms with Crippen molar-refractivity contribution >= 4 is 0 Å². The summed E-state index contributed by atoms with van der Waals surface area (Å²) in [5.74, 6) is 1.26. The summed E-state index contributed by atoms with van der Waals surface area (Å²) in [7, 11) is 1.62. The van der Waals surface area contributed by atoms with E-state index in [9.17, 15) is 0 Å². The van der Waals surface area contributed by atoms with Crippen molar-refractivity contribution in [2.45, 2.75) is 45.2 Å². The van der Waals surface area contributed by atoms with Gasteiger partial charge >= 0.3 is 0 Å². The van der Waals surface area contributed by atoms with Crippen LogP contribution in [-0.4, -0.2) is 57.5 Å². The number of hydrogen-bond donors (Lipinski definition) is 1. The van der Waals surface area contributed by atoms with Gasteiger partial charge in [-0.25, -0.2) is 9.67 Å². The minimum Gasteiger partial charge on any atom is -0.481 e. The Morgan fingerprint density at radius 2 is 2.13 bits per heavy atom. The fraction of sp³-hybridized carbons (Fsp3) is 0.522. The van der Waals surface area contributed by atoms with Crippen LogP contribution in [0.25, 0.3) is 16.9 Å². The summed E-state index contributed by atoms with van der Waals surface area (Å²) in [6, 6.07) is 4.45. The number of nitrogens with one attached hydrogen (secondary N) is 1. The van der Waals surface area contributed by atoms with E-state index in [4.69, 9.17) is 14.6 Å². The second-order valence-electron chi connectivity index (χ2n) is 8.55. The highest BCUT2D eigenvalue weighted by atomic mass is 16.5. The smallest absolute Gasteiger partial charge is 0.213 e. The molecule has 0 saturated carbocycles. The van der Waals surface area contributed by atoms with Crippen LogP contribution in [0.3, 0.4) is 0 Å². The molecule has 8 nitrogen and oxygen atoms in total. The SMILES string of the molecule is COc1ccc(-n2nc(-c3cnn(CC4CCNC(C)C4)c3)c3c2CCOCC3)cn1. The van der Waals surface area contributed by atoms with Crippen molar-refractivity contribution in [2.75, 3.05) is 26.9 Å². The molecule has 0 spiro atoms. The summed E-state index contributed by atoms with van der Waals surface area (Å²) in [5, 5.41) is 13.2. The number of rotatable bonds is 5. The van der Waals surface area contributed by atoms with Gasteiger partial charge in [0.1, 0.15) is 0 Å². The third-order valence-corrected chi connectivity index (χ3v) is 6.33. The van der Waals surface area contributed by atoms with Gasteiger partial charge in [0.25, 0.3) is 0 Å². The molecule has 3 aromatic rings. The molecule has 1 N–H and O–H groups in total. The van der Waals surface area contributed by atoms with Gasteiger partial charge < -0.3 is 14.8 Å². The van der Waals surface area contributed by atoms with Crippen molar-refractivity contribution in [3.05, 3.63) is 42.0 Å². The largest absolute Gasteiger partial charge is 0.481 e. The highest BCUT2D eigenvalue weighted by Gasteiger charge is 2.24. The Hall–Kier alpha value is -2.71. The van der Waals surface area contributed by atoms with Crippen LogP contribution >= 0.6 is 0 Å². The molecule has 1 fully saturated rings. The minimum absolute atomic E-state index is 0.582. The van der Waals surface area contributed by atoms with E-state index in [1.807, 2.05) is 29.2 Å². The molecule has 3 aromatic heterocycles. The van der Waals surface area contributed by atoms with E-state index >= 15 is 0 Å². The number of piperidine rings is 1. The third-order valence-electron chi connectivity index (χ3n) is 6.33. The summed E-state index contributed by atoms with van der Waals surface area (Å²) in [5.41, 5.74) is 5.45. The fourth-order valence-electron chi connectivity index (χ4n) is 4.77. The molecule has 0 aromatic carbocycles. The predicted octanol–water partition coefficient (Wildman–Crippen LogP) is 2.64. The average Bonchev–Trinajstić information content (AvgIpc) is 3.30. The molecule has 31 heavy (non-hydrogen) atoms. The standard InChI is InChI=1S/C23H30N6O2/c1-16-11-17(5-8-24-16)14-28-15-18(12-26-28)23-20-6-9-31-10-7-21(20)29(27-23)19-3-4-22(30-2)25-13-19/h3-4,12-13,15-17,24H,5-11,14H2,1-2H3. The Balaban J connectivity index is 1.46. The van der Waals surface area contributed by atoms with Gasteiger partial charge in [-0.15, -0.1) is 0 Å². The minimum atomic E-state index is 0.582. The molecule has 1 saturated heterocycles. The molecule has 8 heteroatoms. The fourth-order valence-corrected chi connectivity index (χ4v) is 4.77. The van der Waals surface area contributed by atoms with E-state index in [1.165, 1.54) is 24.1 Å². The van der Waals surface area contributed by atoms with Crippen molar-refractivity contribution in [2.24, 2.45) is 5.92 Å². The van der Waals surface area contributed by atoms with Crippen molar-refractivity contribution in [1.82, 2.24) is 29.9 Å². The molecule has 164 valence electrons. The van der Waals surface area contributed by atoms with Crippen molar-refractivity contribution in [3.63, 3.8) is 0 Å². The lowest BCUT2D eigenvalue weighted by molar-refractivity contribution is 0.145. The van der Waals surface area contributed by atoms with Crippen LogP contribution in [0.1, 0.15) is 31.0 Å². The first-order valence-electron chi connectivity index (χ1n) is 11.2. The van der Waals surface area contributed by atoms with Crippen LogP contribution in [0.15, 0.2) is 30.7 Å². The molecule has 0 amide bonds. The topological polar surface area (TPSA) is 79.0 Å². The van der Waals surface area contributed by atoms with Gasteiger partial charge in [0.05, 0.1) is 49.8 Å². The summed E-state index contributed by atoms with van der Waals surface area (Å²) >= 11 is 0. The van der Waals surface area contributed by atoms with E-state index < -0.39 is 0 Å². The van der Waals surface area contributed by atoms with Crippen LogP contribution in [0.4, 0.5) is 0 Å². The zero-order valence-corrected chi connectivity index (χ0v) is 18.3. The van der Waals surface area contributed by atoms with Crippen LogP contribution in [0, 0.1) is 5.92 Å². The van der Waals surface area contributed by atoms with Gasteiger partial charge in [-0.3, -0.25) is 4.68 Å². The van der Waals surface area contributed by atoms with E-state index in [2.05, 4.69) is 33.2 Å². The average molecular weight is 423 g/mol. The molecule has 2 aliphatic rings. The predicted molar refractivity (Wildman–Crippen MR) is 118 cm³/mol. The monoisotopic (exact) mass is 422 g/mol. The number of aromatic nitrogens is 5. The second kappa shape index (κ2) is 8.80. The summed E-state index contributed by atoms with van der Waals surface area (Å²) in [4.78, 5) is 4.37. The maximum atomic E-state index is 5.77. The van der Waals surface area contributed by atoms with Crippen LogP contribution < -0.4 is 10.1 Å². The first kappa shape index (κ1) is 20.2. The van der Waals surface area contributed by atoms with E-state index in [0.717, 1.165) is 42.9 Å². The Bertz CT molecular complexity index is 1030. The molecular weight excluding hydrogens is 392 g/mol. The van der Waals surface area contributed by atoms with Crippen molar-refractivity contribution in [3.8, 4) is 22.8 Å². The zero-order valence-electron chi connectivity index (χ0n) is 18.3. The summed E-state index contributed by atoms with van der Waals surface area (Å²) in [6.07, 6.45) is 9.99. The van der Waals surface area contributed by atoms with E-state index in [1.54, 1.807) is 7.11 Å². The number of pyridine rings is 1. The lowest BCUT2D eigenvalue weighted by atomic mass is 9.93. The number of methoxy groups -OCH3 is 1. The van der Waals surface area contributed by atoms with Gasteiger partial charge in [0, 0.05) is 42.4 Å². The quantitative estimate of drug-likeness (QED) is 0.681. The number of nitrogens with zero attached hydrogens (tertiary/aromatic N) is 5. The summed E-state index contributed by atoms with van der Waals surface area (Å²) in [6.45, 7) is 5.73. The van der Waals surface area contributed by atoms with Gasteiger partial charge in [0.15, 0.2) is 0 Å². The zero-order chi connectivity index (χ0) is 21.2. The molecule has 5 rings (SSSR count). The number of hydrogen-bond acceptors (Lipinski definition) is 6. The first-order chi connectivity index (χ1) is 15.2. The molecule has 2 atom stereocenters. The lowest BCUT2D eigenvalue weighted by Gasteiger charge is -2.27. The second-order valence-corrected chi connectivity index (χ2v) is 8.55. The Morgan fingerprint density at radius 3 is 2.94 bits per heavy atom. The lowest BCUT2D eigenvalue weighted by Crippen LogP contribution is -2.37. The molecule has 2 aliphatic heterocycles. The normalized spacial score (nSPS) is 21.5. The molecule has 2 unspecified atom stereocenters. The Morgan fingerprint density at radius 1 is 1.23 bits per heavy atom. The van der Waals surface area contributed by atoms with Gasteiger partial charge in [-0.2, -0.15) is 10.2 Å². The third kappa shape index (κ3) is 4.22. The van der Waals surface area contributed by atoms with Gasteiger partial charge in [-0.1, -0.05) is 0 Å². The highest BCUT2D eigenvalue weighted by Crippen LogP contribution is 2.30. The molecule has 0 radical (unpaired) electrons. The first-order valence-corrected chi connectivity index (χ1v) is 11.2. The van der Waals surface area contributed by atoms with E-state index in [0.29, 0.717) is 31.1 Å². The molecular formula is C23H30N6O2. The number of ether oxygens (including phenoxy) is 2. The molecule has 0 bridgehead atoms. The Kier molecular flexibility index (Phi) is 5.74. The van der Waals surface area contributed by atoms with Gasteiger partial charge in [-0.05, 0) is 44.7 Å². The van der Waals surface area contributed by atoms with Gasteiger partial charge in [0.2, 0.25) is 5.88 Å². The van der Waals surface area contributed by atoms with Crippen LogP contribution in [-0.2, 0) is 24.1 Å². The summed E-state index contributed by atoms with van der Waals surface area (Å²) < 4.78 is 15.1. The highest BCUT2D eigenvalue weighted by molar-refractivity contribution is 5.64. The molecule has 5 heterocycles. The van der Waals surface area contributed by atoms with E-state index in [-0.39, 0.29) is 0 Å². The Labute approximate surface area is 182 Å².